The Labute approximate surface area is 106 Å². The Morgan fingerprint density at radius 2 is 1.94 bits per heavy atom. The zero-order valence-corrected chi connectivity index (χ0v) is 11.4. The molecular formula is C16H25N. The fourth-order valence-corrected chi connectivity index (χ4v) is 3.03. The minimum absolute atomic E-state index is 0.468. The molecule has 17 heavy (non-hydrogen) atoms. The highest BCUT2D eigenvalue weighted by Crippen LogP contribution is 2.35. The highest BCUT2D eigenvalue weighted by atomic mass is 14.9. The van der Waals surface area contributed by atoms with Crippen molar-refractivity contribution in [2.75, 3.05) is 0 Å². The minimum atomic E-state index is 0.468. The van der Waals surface area contributed by atoms with E-state index in [9.17, 15) is 0 Å². The number of nitrogens with one attached hydrogen (secondary N) is 1. The lowest BCUT2D eigenvalue weighted by atomic mass is 9.75. The fraction of sp³-hybridized carbons (Fsp3) is 0.625. The molecule has 2 atom stereocenters. The SMILES string of the molecule is CC(NC1CCCC(C)(C)C1)c1ccccc1. The predicted molar refractivity (Wildman–Crippen MR) is 74.0 cm³/mol. The quantitative estimate of drug-likeness (QED) is 0.817. The van der Waals surface area contributed by atoms with E-state index in [0.29, 0.717) is 17.5 Å². The highest BCUT2D eigenvalue weighted by molar-refractivity contribution is 5.18. The summed E-state index contributed by atoms with van der Waals surface area (Å²) in [6.07, 6.45) is 5.39. The lowest BCUT2D eigenvalue weighted by Crippen LogP contribution is -2.38. The molecule has 0 saturated heterocycles. The molecule has 1 aliphatic carbocycles. The second-order valence-electron chi connectivity index (χ2n) is 6.26. The molecular weight excluding hydrogens is 206 g/mol. The van der Waals surface area contributed by atoms with Crippen LogP contribution in [0.15, 0.2) is 30.3 Å². The molecule has 0 spiro atoms. The van der Waals surface area contributed by atoms with Crippen LogP contribution >= 0.6 is 0 Å². The molecule has 1 aromatic rings. The standard InChI is InChI=1S/C16H25N/c1-13(14-8-5-4-6-9-14)17-15-10-7-11-16(2,3)12-15/h4-6,8-9,13,15,17H,7,10-12H2,1-3H3. The summed E-state index contributed by atoms with van der Waals surface area (Å²) in [6.45, 7) is 7.07. The van der Waals surface area contributed by atoms with Crippen LogP contribution in [0.1, 0.15) is 58.1 Å². The normalized spacial score (nSPS) is 25.5. The van der Waals surface area contributed by atoms with Gasteiger partial charge in [0.1, 0.15) is 0 Å². The fourth-order valence-electron chi connectivity index (χ4n) is 3.03. The molecule has 1 heteroatoms. The van der Waals surface area contributed by atoms with E-state index in [-0.39, 0.29) is 0 Å². The van der Waals surface area contributed by atoms with Gasteiger partial charge in [-0.05, 0) is 37.2 Å². The number of rotatable bonds is 3. The Morgan fingerprint density at radius 3 is 2.59 bits per heavy atom. The third-order valence-corrected chi connectivity index (χ3v) is 3.99. The van der Waals surface area contributed by atoms with Gasteiger partial charge in [0.2, 0.25) is 0 Å². The molecule has 1 N–H and O–H groups in total. The second-order valence-corrected chi connectivity index (χ2v) is 6.26. The lowest BCUT2D eigenvalue weighted by Gasteiger charge is -2.37. The first-order valence-corrected chi connectivity index (χ1v) is 6.88. The minimum Gasteiger partial charge on any atom is -0.307 e. The number of benzene rings is 1. The lowest BCUT2D eigenvalue weighted by molar-refractivity contribution is 0.191. The number of hydrogen-bond donors (Lipinski definition) is 1. The first kappa shape index (κ1) is 12.6. The molecule has 94 valence electrons. The van der Waals surface area contributed by atoms with Crippen LogP contribution in [0.3, 0.4) is 0 Å². The van der Waals surface area contributed by atoms with Crippen LogP contribution in [-0.2, 0) is 0 Å². The topological polar surface area (TPSA) is 12.0 Å². The van der Waals surface area contributed by atoms with Gasteiger partial charge in [-0.2, -0.15) is 0 Å². The number of hydrogen-bond acceptors (Lipinski definition) is 1. The van der Waals surface area contributed by atoms with Gasteiger partial charge >= 0.3 is 0 Å². The van der Waals surface area contributed by atoms with Crippen LogP contribution in [0, 0.1) is 5.41 Å². The van der Waals surface area contributed by atoms with Crippen LogP contribution in [0.5, 0.6) is 0 Å². The van der Waals surface area contributed by atoms with E-state index >= 15 is 0 Å². The zero-order chi connectivity index (χ0) is 12.3. The first-order valence-electron chi connectivity index (χ1n) is 6.88. The molecule has 2 rings (SSSR count). The van der Waals surface area contributed by atoms with E-state index in [2.05, 4.69) is 56.4 Å². The molecule has 0 aromatic heterocycles. The molecule has 0 amide bonds. The van der Waals surface area contributed by atoms with Crippen molar-refractivity contribution in [1.82, 2.24) is 5.32 Å². The average molecular weight is 231 g/mol. The Morgan fingerprint density at radius 1 is 1.24 bits per heavy atom. The van der Waals surface area contributed by atoms with Gasteiger partial charge < -0.3 is 5.32 Å². The average Bonchev–Trinajstić information content (AvgIpc) is 2.29. The van der Waals surface area contributed by atoms with Crippen LogP contribution in [-0.4, -0.2) is 6.04 Å². The molecule has 0 radical (unpaired) electrons. The molecule has 1 saturated carbocycles. The molecule has 0 heterocycles. The largest absolute Gasteiger partial charge is 0.307 e. The molecule has 1 aromatic carbocycles. The Balaban J connectivity index is 1.93. The van der Waals surface area contributed by atoms with E-state index in [0.717, 1.165) is 0 Å². The molecule has 1 aliphatic rings. The summed E-state index contributed by atoms with van der Waals surface area (Å²) in [5.74, 6) is 0. The Kier molecular flexibility index (Phi) is 3.88. The van der Waals surface area contributed by atoms with Crippen LogP contribution in [0.25, 0.3) is 0 Å². The van der Waals surface area contributed by atoms with Crippen LogP contribution < -0.4 is 5.32 Å². The van der Waals surface area contributed by atoms with Crippen molar-refractivity contribution < 1.29 is 0 Å². The smallest absolute Gasteiger partial charge is 0.0294 e. The van der Waals surface area contributed by atoms with Crippen molar-refractivity contribution in [2.24, 2.45) is 5.41 Å². The van der Waals surface area contributed by atoms with Gasteiger partial charge in [-0.1, -0.05) is 50.6 Å². The summed E-state index contributed by atoms with van der Waals surface area (Å²) in [6, 6.07) is 11.9. The van der Waals surface area contributed by atoms with Crippen LogP contribution in [0.2, 0.25) is 0 Å². The summed E-state index contributed by atoms with van der Waals surface area (Å²) >= 11 is 0. The van der Waals surface area contributed by atoms with Crippen molar-refractivity contribution in [3.63, 3.8) is 0 Å². The van der Waals surface area contributed by atoms with Crippen LogP contribution in [0.4, 0.5) is 0 Å². The van der Waals surface area contributed by atoms with Gasteiger partial charge in [0.05, 0.1) is 0 Å². The molecule has 0 bridgehead atoms. The summed E-state index contributed by atoms with van der Waals surface area (Å²) < 4.78 is 0. The van der Waals surface area contributed by atoms with Gasteiger partial charge in [0.15, 0.2) is 0 Å². The maximum atomic E-state index is 3.79. The van der Waals surface area contributed by atoms with Crippen molar-refractivity contribution in [2.45, 2.75) is 58.5 Å². The summed E-state index contributed by atoms with van der Waals surface area (Å²) in [7, 11) is 0. The third-order valence-electron chi connectivity index (χ3n) is 3.99. The maximum Gasteiger partial charge on any atom is 0.0294 e. The molecule has 1 nitrogen and oxygen atoms in total. The van der Waals surface area contributed by atoms with E-state index in [1.807, 2.05) is 0 Å². The summed E-state index contributed by atoms with van der Waals surface area (Å²) in [5.41, 5.74) is 1.92. The monoisotopic (exact) mass is 231 g/mol. The maximum absolute atomic E-state index is 3.79. The molecule has 2 unspecified atom stereocenters. The Hall–Kier alpha value is -0.820. The van der Waals surface area contributed by atoms with Gasteiger partial charge in [-0.15, -0.1) is 0 Å². The van der Waals surface area contributed by atoms with E-state index < -0.39 is 0 Å². The Bertz CT molecular complexity index is 342. The van der Waals surface area contributed by atoms with E-state index in [1.54, 1.807) is 0 Å². The summed E-state index contributed by atoms with van der Waals surface area (Å²) in [5, 5.41) is 3.79. The van der Waals surface area contributed by atoms with E-state index in [1.165, 1.54) is 31.2 Å². The zero-order valence-electron chi connectivity index (χ0n) is 11.4. The third kappa shape index (κ3) is 3.57. The highest BCUT2D eigenvalue weighted by Gasteiger charge is 2.28. The van der Waals surface area contributed by atoms with Gasteiger partial charge in [-0.3, -0.25) is 0 Å². The van der Waals surface area contributed by atoms with Crippen molar-refractivity contribution in [1.29, 1.82) is 0 Å². The predicted octanol–water partition coefficient (Wildman–Crippen LogP) is 4.31. The first-order chi connectivity index (χ1) is 8.07. The van der Waals surface area contributed by atoms with Gasteiger partial charge in [-0.25, -0.2) is 0 Å². The van der Waals surface area contributed by atoms with Gasteiger partial charge in [0.25, 0.3) is 0 Å². The van der Waals surface area contributed by atoms with Crippen molar-refractivity contribution >= 4 is 0 Å². The second kappa shape index (κ2) is 5.22. The summed E-state index contributed by atoms with van der Waals surface area (Å²) in [4.78, 5) is 0. The molecule has 0 aliphatic heterocycles. The molecule has 1 fully saturated rings. The van der Waals surface area contributed by atoms with E-state index in [4.69, 9.17) is 0 Å². The van der Waals surface area contributed by atoms with Crippen molar-refractivity contribution in [3.8, 4) is 0 Å². The van der Waals surface area contributed by atoms with Crippen molar-refractivity contribution in [3.05, 3.63) is 35.9 Å². The van der Waals surface area contributed by atoms with Gasteiger partial charge in [0, 0.05) is 12.1 Å².